The number of carbonyl (C=O) groups is 3. The van der Waals surface area contributed by atoms with Gasteiger partial charge in [-0.1, -0.05) is 64.4 Å². The van der Waals surface area contributed by atoms with Crippen LogP contribution in [0.15, 0.2) is 30.3 Å². The van der Waals surface area contributed by atoms with E-state index in [1.807, 2.05) is 58.0 Å². The van der Waals surface area contributed by atoms with E-state index in [1.165, 1.54) is 0 Å². The van der Waals surface area contributed by atoms with Crippen LogP contribution in [0, 0.1) is 11.8 Å². The van der Waals surface area contributed by atoms with Gasteiger partial charge < -0.3 is 21.1 Å². The maximum absolute atomic E-state index is 12.6. The fraction of sp³-hybridized carbons (Fsp3) is 0.550. The highest BCUT2D eigenvalue weighted by molar-refractivity contribution is 5.90. The predicted octanol–water partition coefficient (Wildman–Crippen LogP) is 2.34. The van der Waals surface area contributed by atoms with Gasteiger partial charge in [-0.15, -0.1) is 0 Å². The van der Waals surface area contributed by atoms with E-state index in [-0.39, 0.29) is 18.4 Å². The van der Waals surface area contributed by atoms with Crippen molar-refractivity contribution >= 4 is 17.9 Å². The van der Waals surface area contributed by atoms with E-state index in [4.69, 9.17) is 10.5 Å². The van der Waals surface area contributed by atoms with Crippen LogP contribution in [0.4, 0.5) is 4.79 Å². The number of amides is 3. The number of ether oxygens (including phenoxy) is 1. The van der Waals surface area contributed by atoms with Gasteiger partial charge in [-0.3, -0.25) is 9.59 Å². The summed E-state index contributed by atoms with van der Waals surface area (Å²) < 4.78 is 5.19. The van der Waals surface area contributed by atoms with Crippen molar-refractivity contribution in [1.82, 2.24) is 10.6 Å². The lowest BCUT2D eigenvalue weighted by Crippen LogP contribution is -2.55. The van der Waals surface area contributed by atoms with E-state index in [2.05, 4.69) is 10.6 Å². The first-order valence-corrected chi connectivity index (χ1v) is 9.31. The van der Waals surface area contributed by atoms with Gasteiger partial charge in [-0.25, -0.2) is 4.79 Å². The molecule has 0 aromatic heterocycles. The number of nitrogens with two attached hydrogens (primary N) is 1. The number of carbonyl (C=O) groups excluding carboxylic acids is 3. The number of alkyl carbamates (subject to hydrolysis) is 1. The minimum absolute atomic E-state index is 0.101. The summed E-state index contributed by atoms with van der Waals surface area (Å²) in [6.45, 7) is 7.75. The molecule has 0 aliphatic carbocycles. The molecule has 1 rings (SSSR count). The molecular weight excluding hydrogens is 346 g/mol. The highest BCUT2D eigenvalue weighted by atomic mass is 16.5. The Morgan fingerprint density at radius 1 is 1.07 bits per heavy atom. The molecule has 1 aromatic rings. The SMILES string of the molecule is CC[C@H](C)[C@@H](NC(=O)[C@@H](CC(C)C)NC(=O)OCc1ccccc1)C(N)=O. The van der Waals surface area contributed by atoms with Crippen molar-refractivity contribution in [2.75, 3.05) is 0 Å². The van der Waals surface area contributed by atoms with E-state index in [9.17, 15) is 14.4 Å². The Bertz CT molecular complexity index is 619. The zero-order valence-corrected chi connectivity index (χ0v) is 16.5. The first kappa shape index (κ1) is 22.5. The molecule has 150 valence electrons. The normalized spacial score (nSPS) is 14.1. The van der Waals surface area contributed by atoms with Gasteiger partial charge in [-0.2, -0.15) is 0 Å². The minimum atomic E-state index is -0.806. The summed E-state index contributed by atoms with van der Waals surface area (Å²) >= 11 is 0. The van der Waals surface area contributed by atoms with Crippen LogP contribution in [0.2, 0.25) is 0 Å². The van der Waals surface area contributed by atoms with Crippen LogP contribution >= 0.6 is 0 Å². The Kier molecular flexibility index (Phi) is 9.33. The summed E-state index contributed by atoms with van der Waals surface area (Å²) in [6.07, 6.45) is 0.423. The zero-order chi connectivity index (χ0) is 20.4. The third-order valence-electron chi connectivity index (χ3n) is 4.35. The maximum atomic E-state index is 12.6. The van der Waals surface area contributed by atoms with E-state index in [0.29, 0.717) is 12.8 Å². The van der Waals surface area contributed by atoms with Crippen LogP contribution in [-0.4, -0.2) is 30.0 Å². The van der Waals surface area contributed by atoms with E-state index < -0.39 is 30.0 Å². The Labute approximate surface area is 161 Å². The lowest BCUT2D eigenvalue weighted by molar-refractivity contribution is -0.129. The smallest absolute Gasteiger partial charge is 0.408 e. The number of nitrogens with one attached hydrogen (secondary N) is 2. The molecule has 27 heavy (non-hydrogen) atoms. The molecule has 3 amide bonds. The molecule has 1 aromatic carbocycles. The van der Waals surface area contributed by atoms with Crippen molar-refractivity contribution in [2.45, 2.75) is 59.2 Å². The molecule has 3 atom stereocenters. The monoisotopic (exact) mass is 377 g/mol. The van der Waals surface area contributed by atoms with Crippen molar-refractivity contribution in [3.63, 3.8) is 0 Å². The number of primary amides is 1. The largest absolute Gasteiger partial charge is 0.445 e. The summed E-state index contributed by atoms with van der Waals surface area (Å²) in [5, 5.41) is 5.26. The predicted molar refractivity (Wildman–Crippen MR) is 104 cm³/mol. The van der Waals surface area contributed by atoms with Gasteiger partial charge in [0.25, 0.3) is 0 Å². The molecule has 0 radical (unpaired) electrons. The second-order valence-corrected chi connectivity index (χ2v) is 7.16. The molecule has 4 N–H and O–H groups in total. The number of rotatable bonds is 10. The summed E-state index contributed by atoms with van der Waals surface area (Å²) in [7, 11) is 0. The second kappa shape index (κ2) is 11.2. The van der Waals surface area contributed by atoms with Gasteiger partial charge in [0, 0.05) is 0 Å². The highest BCUT2D eigenvalue weighted by Crippen LogP contribution is 2.10. The van der Waals surface area contributed by atoms with Gasteiger partial charge in [0.05, 0.1) is 0 Å². The van der Waals surface area contributed by atoms with Crippen LogP contribution in [0.3, 0.4) is 0 Å². The minimum Gasteiger partial charge on any atom is -0.445 e. The molecule has 0 unspecified atom stereocenters. The quantitative estimate of drug-likeness (QED) is 0.581. The van der Waals surface area contributed by atoms with E-state index >= 15 is 0 Å². The van der Waals surface area contributed by atoms with Gasteiger partial charge in [0.2, 0.25) is 11.8 Å². The lowest BCUT2D eigenvalue weighted by atomic mass is 9.97. The van der Waals surface area contributed by atoms with Gasteiger partial charge in [-0.05, 0) is 23.8 Å². The third-order valence-corrected chi connectivity index (χ3v) is 4.35. The van der Waals surface area contributed by atoms with Gasteiger partial charge >= 0.3 is 6.09 Å². The van der Waals surface area contributed by atoms with Gasteiger partial charge in [0.1, 0.15) is 18.7 Å². The molecule has 0 bridgehead atoms. The first-order valence-electron chi connectivity index (χ1n) is 9.31. The molecule has 0 heterocycles. The van der Waals surface area contributed by atoms with E-state index in [0.717, 1.165) is 5.56 Å². The summed E-state index contributed by atoms with van der Waals surface area (Å²) in [5.74, 6) is -0.973. The topological polar surface area (TPSA) is 111 Å². The van der Waals surface area contributed by atoms with Crippen molar-refractivity contribution in [3.05, 3.63) is 35.9 Å². The molecule has 7 nitrogen and oxygen atoms in total. The number of benzene rings is 1. The molecule has 0 saturated carbocycles. The fourth-order valence-electron chi connectivity index (χ4n) is 2.59. The highest BCUT2D eigenvalue weighted by Gasteiger charge is 2.29. The molecule has 0 saturated heterocycles. The molecule has 0 spiro atoms. The van der Waals surface area contributed by atoms with Crippen molar-refractivity contribution in [3.8, 4) is 0 Å². The molecule has 7 heteroatoms. The second-order valence-electron chi connectivity index (χ2n) is 7.16. The van der Waals surface area contributed by atoms with E-state index in [1.54, 1.807) is 0 Å². The summed E-state index contributed by atoms with van der Waals surface area (Å²) in [4.78, 5) is 36.4. The molecule has 0 aliphatic rings. The van der Waals surface area contributed by atoms with Crippen LogP contribution in [0.25, 0.3) is 0 Å². The van der Waals surface area contributed by atoms with Gasteiger partial charge in [0.15, 0.2) is 0 Å². The van der Waals surface area contributed by atoms with Crippen LogP contribution in [0.1, 0.15) is 46.1 Å². The van der Waals surface area contributed by atoms with Crippen molar-refractivity contribution < 1.29 is 19.1 Å². The first-order chi connectivity index (χ1) is 12.7. The molecule has 0 fully saturated rings. The summed E-state index contributed by atoms with van der Waals surface area (Å²) in [5.41, 5.74) is 6.26. The Balaban J connectivity index is 2.71. The standard InChI is InChI=1S/C20H31N3O4/c1-5-14(4)17(18(21)24)23-19(25)16(11-13(2)3)22-20(26)27-12-15-9-7-6-8-10-15/h6-10,13-14,16-17H,5,11-12H2,1-4H3,(H2,21,24)(H,22,26)(H,23,25)/t14-,16+,17+/m0/s1. The zero-order valence-electron chi connectivity index (χ0n) is 16.5. The van der Waals surface area contributed by atoms with Crippen LogP contribution in [-0.2, 0) is 20.9 Å². The average Bonchev–Trinajstić information content (AvgIpc) is 2.63. The number of hydrogen-bond acceptors (Lipinski definition) is 4. The lowest BCUT2D eigenvalue weighted by Gasteiger charge is -2.25. The average molecular weight is 377 g/mol. The Morgan fingerprint density at radius 3 is 2.22 bits per heavy atom. The van der Waals surface area contributed by atoms with Crippen molar-refractivity contribution in [2.24, 2.45) is 17.6 Å². The Morgan fingerprint density at radius 2 is 1.70 bits per heavy atom. The van der Waals surface area contributed by atoms with Crippen LogP contribution < -0.4 is 16.4 Å². The van der Waals surface area contributed by atoms with Crippen LogP contribution in [0.5, 0.6) is 0 Å². The maximum Gasteiger partial charge on any atom is 0.408 e. The Hall–Kier alpha value is -2.57. The molecular formula is C20H31N3O4. The third kappa shape index (κ3) is 8.11. The van der Waals surface area contributed by atoms with Crippen molar-refractivity contribution in [1.29, 1.82) is 0 Å². The summed E-state index contributed by atoms with van der Waals surface area (Å²) in [6, 6.07) is 7.68. The fourth-order valence-corrected chi connectivity index (χ4v) is 2.59. The molecule has 0 aliphatic heterocycles. The number of hydrogen-bond donors (Lipinski definition) is 3.